The van der Waals surface area contributed by atoms with Crippen molar-refractivity contribution in [1.29, 1.82) is 0 Å². The number of rotatable bonds is 5. The predicted molar refractivity (Wildman–Crippen MR) is 79.0 cm³/mol. The highest BCUT2D eigenvalue weighted by Crippen LogP contribution is 2.15. The highest BCUT2D eigenvalue weighted by molar-refractivity contribution is 9.10. The van der Waals surface area contributed by atoms with Gasteiger partial charge in [0.25, 0.3) is 0 Å². The Hall–Kier alpha value is -1.30. The third-order valence-electron chi connectivity index (χ3n) is 3.04. The minimum absolute atomic E-state index is 0.0858. The molecule has 0 saturated heterocycles. The molecule has 2 nitrogen and oxygen atoms in total. The zero-order valence-electron chi connectivity index (χ0n) is 10.7. The van der Waals surface area contributed by atoms with E-state index in [1.54, 1.807) is 0 Å². The second kappa shape index (κ2) is 6.92. The predicted octanol–water partition coefficient (Wildman–Crippen LogP) is 3.34. The first-order valence-corrected chi connectivity index (χ1v) is 7.01. The Morgan fingerprint density at radius 1 is 0.950 bits per heavy atom. The maximum Gasteiger partial charge on any atom is 0.126 e. The first kappa shape index (κ1) is 15.1. The normalized spacial score (nSPS) is 12.4. The van der Waals surface area contributed by atoms with Gasteiger partial charge in [0.1, 0.15) is 11.6 Å². The Labute approximate surface area is 125 Å². The van der Waals surface area contributed by atoms with Gasteiger partial charge >= 0.3 is 0 Å². The number of benzene rings is 2. The molecule has 0 aliphatic carbocycles. The molecule has 2 aromatic carbocycles. The van der Waals surface area contributed by atoms with Crippen molar-refractivity contribution in [3.8, 4) is 0 Å². The van der Waals surface area contributed by atoms with E-state index in [4.69, 9.17) is 5.84 Å². The average Bonchev–Trinajstić information content (AvgIpc) is 2.39. The molecule has 0 amide bonds. The van der Waals surface area contributed by atoms with Gasteiger partial charge in [0, 0.05) is 16.6 Å². The van der Waals surface area contributed by atoms with Gasteiger partial charge in [-0.3, -0.25) is 11.3 Å². The van der Waals surface area contributed by atoms with E-state index in [1.807, 2.05) is 24.3 Å². The summed E-state index contributed by atoms with van der Waals surface area (Å²) in [6.45, 7) is 0. The lowest BCUT2D eigenvalue weighted by Gasteiger charge is -2.16. The summed E-state index contributed by atoms with van der Waals surface area (Å²) in [7, 11) is 0. The summed E-state index contributed by atoms with van der Waals surface area (Å²) < 4.78 is 27.3. The molecular formula is C15H15BrF2N2. The summed E-state index contributed by atoms with van der Waals surface area (Å²) in [6, 6.07) is 11.3. The van der Waals surface area contributed by atoms with E-state index >= 15 is 0 Å². The minimum Gasteiger partial charge on any atom is -0.271 e. The molecule has 0 radical (unpaired) electrons. The maximum atomic E-state index is 13.2. The molecule has 1 unspecified atom stereocenters. The molecule has 0 aliphatic rings. The second-order valence-corrected chi connectivity index (χ2v) is 5.59. The van der Waals surface area contributed by atoms with Crippen molar-refractivity contribution in [2.24, 2.45) is 5.84 Å². The summed E-state index contributed by atoms with van der Waals surface area (Å²) >= 11 is 3.37. The van der Waals surface area contributed by atoms with Crippen molar-refractivity contribution < 1.29 is 8.78 Å². The summed E-state index contributed by atoms with van der Waals surface area (Å²) in [6.07, 6.45) is 1.14. The topological polar surface area (TPSA) is 38.0 Å². The molecule has 2 aromatic rings. The zero-order chi connectivity index (χ0) is 14.5. The van der Waals surface area contributed by atoms with E-state index in [0.717, 1.165) is 16.1 Å². The van der Waals surface area contributed by atoms with Gasteiger partial charge in [-0.15, -0.1) is 0 Å². The van der Waals surface area contributed by atoms with Crippen LogP contribution in [0.3, 0.4) is 0 Å². The van der Waals surface area contributed by atoms with Crippen LogP contribution in [0.2, 0.25) is 0 Å². The molecule has 1 atom stereocenters. The number of hydrazine groups is 1. The lowest BCUT2D eigenvalue weighted by molar-refractivity contribution is 0.516. The van der Waals surface area contributed by atoms with Crippen LogP contribution in [0.1, 0.15) is 11.1 Å². The van der Waals surface area contributed by atoms with Crippen LogP contribution in [0.15, 0.2) is 46.9 Å². The third kappa shape index (κ3) is 4.37. The Morgan fingerprint density at radius 2 is 1.50 bits per heavy atom. The Morgan fingerprint density at radius 3 is 2.05 bits per heavy atom. The van der Waals surface area contributed by atoms with Gasteiger partial charge in [-0.25, -0.2) is 8.78 Å². The Bertz CT molecular complexity index is 552. The first-order chi connectivity index (χ1) is 9.56. The van der Waals surface area contributed by atoms with E-state index in [9.17, 15) is 8.78 Å². The molecule has 3 N–H and O–H groups in total. The second-order valence-electron chi connectivity index (χ2n) is 4.68. The van der Waals surface area contributed by atoms with Gasteiger partial charge in [0.2, 0.25) is 0 Å². The molecule has 2 rings (SSSR count). The molecule has 0 heterocycles. The van der Waals surface area contributed by atoms with Crippen molar-refractivity contribution in [3.05, 3.63) is 69.7 Å². The molecule has 20 heavy (non-hydrogen) atoms. The number of halogens is 3. The first-order valence-electron chi connectivity index (χ1n) is 6.22. The molecule has 106 valence electrons. The fourth-order valence-corrected chi connectivity index (χ4v) is 2.37. The largest absolute Gasteiger partial charge is 0.271 e. The van der Waals surface area contributed by atoms with E-state index < -0.39 is 11.6 Å². The molecule has 0 aliphatic heterocycles. The summed E-state index contributed by atoms with van der Waals surface area (Å²) in [5, 5.41) is 0. The van der Waals surface area contributed by atoms with Crippen LogP contribution in [0.4, 0.5) is 8.78 Å². The smallest absolute Gasteiger partial charge is 0.126 e. The highest BCUT2D eigenvalue weighted by atomic mass is 79.9. The number of hydrogen-bond donors (Lipinski definition) is 2. The number of nitrogens with one attached hydrogen (secondary N) is 1. The molecule has 0 saturated carbocycles. The molecule has 0 spiro atoms. The van der Waals surface area contributed by atoms with Crippen LogP contribution in [0.5, 0.6) is 0 Å². The van der Waals surface area contributed by atoms with E-state index in [2.05, 4.69) is 21.4 Å². The van der Waals surface area contributed by atoms with Crippen LogP contribution in [0, 0.1) is 11.6 Å². The molecule has 0 bridgehead atoms. The van der Waals surface area contributed by atoms with E-state index in [-0.39, 0.29) is 6.04 Å². The van der Waals surface area contributed by atoms with E-state index in [0.29, 0.717) is 18.4 Å². The summed E-state index contributed by atoms with van der Waals surface area (Å²) in [5.41, 5.74) is 4.39. The zero-order valence-corrected chi connectivity index (χ0v) is 12.3. The van der Waals surface area contributed by atoms with Crippen molar-refractivity contribution in [2.45, 2.75) is 18.9 Å². The van der Waals surface area contributed by atoms with Crippen LogP contribution in [-0.2, 0) is 12.8 Å². The van der Waals surface area contributed by atoms with Crippen molar-refractivity contribution in [2.75, 3.05) is 0 Å². The van der Waals surface area contributed by atoms with Gasteiger partial charge in [-0.05, 0) is 48.2 Å². The number of hydrogen-bond acceptors (Lipinski definition) is 2. The molecular weight excluding hydrogens is 326 g/mol. The van der Waals surface area contributed by atoms with Crippen molar-refractivity contribution >= 4 is 15.9 Å². The summed E-state index contributed by atoms with van der Waals surface area (Å²) in [5.74, 6) is 4.39. The van der Waals surface area contributed by atoms with Gasteiger partial charge in [0.05, 0.1) is 0 Å². The van der Waals surface area contributed by atoms with Crippen LogP contribution >= 0.6 is 15.9 Å². The fourth-order valence-electron chi connectivity index (χ4n) is 2.11. The maximum absolute atomic E-state index is 13.2. The van der Waals surface area contributed by atoms with Gasteiger partial charge in [-0.2, -0.15) is 0 Å². The molecule has 0 aromatic heterocycles. The Balaban J connectivity index is 2.06. The minimum atomic E-state index is -0.570. The Kier molecular flexibility index (Phi) is 5.23. The van der Waals surface area contributed by atoms with Crippen molar-refractivity contribution in [1.82, 2.24) is 5.43 Å². The lowest BCUT2D eigenvalue weighted by atomic mass is 9.99. The van der Waals surface area contributed by atoms with Crippen LogP contribution < -0.4 is 11.3 Å². The standard InChI is InChI=1S/C15H15BrF2N2/c16-12-3-1-10(2-4-12)7-15(20-19)8-11-5-13(17)9-14(18)6-11/h1-6,9,15,20H,7-8,19H2. The summed E-state index contributed by atoms with van der Waals surface area (Å²) in [4.78, 5) is 0. The van der Waals surface area contributed by atoms with Gasteiger partial charge in [0.15, 0.2) is 0 Å². The van der Waals surface area contributed by atoms with Crippen LogP contribution in [-0.4, -0.2) is 6.04 Å². The van der Waals surface area contributed by atoms with Gasteiger partial charge < -0.3 is 0 Å². The SMILES string of the molecule is NNC(Cc1ccc(Br)cc1)Cc1cc(F)cc(F)c1. The van der Waals surface area contributed by atoms with Crippen LogP contribution in [0.25, 0.3) is 0 Å². The number of nitrogens with two attached hydrogens (primary N) is 1. The quantitative estimate of drug-likeness (QED) is 0.647. The van der Waals surface area contributed by atoms with Gasteiger partial charge in [-0.1, -0.05) is 28.1 Å². The van der Waals surface area contributed by atoms with Crippen molar-refractivity contribution in [3.63, 3.8) is 0 Å². The molecule has 5 heteroatoms. The molecule has 0 fully saturated rings. The monoisotopic (exact) mass is 340 g/mol. The van der Waals surface area contributed by atoms with E-state index in [1.165, 1.54) is 12.1 Å². The third-order valence-corrected chi connectivity index (χ3v) is 3.56. The fraction of sp³-hybridized carbons (Fsp3) is 0.200. The average molecular weight is 341 g/mol. The lowest BCUT2D eigenvalue weighted by Crippen LogP contribution is -2.38. The highest BCUT2D eigenvalue weighted by Gasteiger charge is 2.10.